The monoisotopic (exact) mass is 404 g/mol. The second-order valence-electron chi connectivity index (χ2n) is 7.18. The highest BCUT2D eigenvalue weighted by Gasteiger charge is 2.44. The lowest BCUT2D eigenvalue weighted by atomic mass is 10.1. The normalized spacial score (nSPS) is 23.8. The third kappa shape index (κ3) is 3.06. The van der Waals surface area contributed by atoms with Crippen molar-refractivity contribution < 1.29 is 20.1 Å². The van der Waals surface area contributed by atoms with Crippen LogP contribution in [0.1, 0.15) is 6.23 Å². The smallest absolute Gasteiger partial charge is 0.166 e. The average molecular weight is 404 g/mol. The van der Waals surface area contributed by atoms with E-state index < -0.39 is 31.1 Å². The molecule has 1 fully saturated rings. The topological polar surface area (TPSA) is 114 Å². The Kier molecular flexibility index (Phi) is 4.76. The Hall–Kier alpha value is -3.17. The van der Waals surface area contributed by atoms with Crippen molar-refractivity contribution in [3.05, 3.63) is 67.0 Å². The minimum absolute atomic E-state index is 0.402. The molecule has 2 aromatic heterocycles. The molecule has 2 aromatic carbocycles. The largest absolute Gasteiger partial charge is 0.394 e. The standard InChI is InChI=1S/C22H20N4O4/c27-11-15-18(28)19(29)22(30-15)26-12-23-17-16(13-7-3-1-4-8-13)24-20(25-21(17)26)14-9-5-2-6-10-14/h1-10,12,15,18-19,22,27-29H,11H2/t15-,18-,19-,22-/m1/s1. The van der Waals surface area contributed by atoms with Gasteiger partial charge >= 0.3 is 0 Å². The molecule has 0 aliphatic carbocycles. The van der Waals surface area contributed by atoms with Crippen LogP contribution in [0.15, 0.2) is 67.0 Å². The van der Waals surface area contributed by atoms with Gasteiger partial charge in [-0.2, -0.15) is 0 Å². The minimum Gasteiger partial charge on any atom is -0.394 e. The number of benzene rings is 2. The molecule has 3 N–H and O–H groups in total. The van der Waals surface area contributed by atoms with Gasteiger partial charge in [0.1, 0.15) is 29.5 Å². The van der Waals surface area contributed by atoms with Crippen LogP contribution < -0.4 is 0 Å². The van der Waals surface area contributed by atoms with Gasteiger partial charge in [0, 0.05) is 11.1 Å². The van der Waals surface area contributed by atoms with Crippen LogP contribution in [0.3, 0.4) is 0 Å². The maximum atomic E-state index is 10.5. The molecule has 1 aliphatic rings. The predicted octanol–water partition coefficient (Wildman–Crippen LogP) is 1.77. The van der Waals surface area contributed by atoms with Crippen LogP contribution in [0.25, 0.3) is 33.8 Å². The van der Waals surface area contributed by atoms with Gasteiger partial charge in [0.15, 0.2) is 17.7 Å². The van der Waals surface area contributed by atoms with E-state index in [9.17, 15) is 15.3 Å². The zero-order chi connectivity index (χ0) is 20.7. The van der Waals surface area contributed by atoms with Crippen LogP contribution in [0.4, 0.5) is 0 Å². The van der Waals surface area contributed by atoms with Crippen LogP contribution in [-0.2, 0) is 4.74 Å². The molecule has 0 saturated carbocycles. The number of nitrogens with zero attached hydrogens (tertiary/aromatic N) is 4. The fourth-order valence-electron chi connectivity index (χ4n) is 3.73. The lowest BCUT2D eigenvalue weighted by Crippen LogP contribution is -2.33. The van der Waals surface area contributed by atoms with Crippen molar-refractivity contribution in [1.82, 2.24) is 19.5 Å². The van der Waals surface area contributed by atoms with E-state index in [1.54, 1.807) is 4.57 Å². The van der Waals surface area contributed by atoms with Crippen molar-refractivity contribution in [3.8, 4) is 22.6 Å². The number of rotatable bonds is 4. The van der Waals surface area contributed by atoms with Gasteiger partial charge < -0.3 is 20.1 Å². The van der Waals surface area contributed by atoms with E-state index in [4.69, 9.17) is 14.7 Å². The molecule has 152 valence electrons. The first-order valence-electron chi connectivity index (χ1n) is 9.65. The van der Waals surface area contributed by atoms with E-state index in [0.717, 1.165) is 11.1 Å². The maximum Gasteiger partial charge on any atom is 0.166 e. The van der Waals surface area contributed by atoms with Crippen molar-refractivity contribution in [2.24, 2.45) is 0 Å². The van der Waals surface area contributed by atoms with Gasteiger partial charge in [-0.1, -0.05) is 60.7 Å². The van der Waals surface area contributed by atoms with Gasteiger partial charge in [0.05, 0.1) is 12.9 Å². The number of hydrogen-bond donors (Lipinski definition) is 3. The first-order chi connectivity index (χ1) is 14.7. The quantitative estimate of drug-likeness (QED) is 0.475. The van der Waals surface area contributed by atoms with E-state index in [0.29, 0.717) is 22.7 Å². The maximum absolute atomic E-state index is 10.5. The van der Waals surface area contributed by atoms with Crippen molar-refractivity contribution in [1.29, 1.82) is 0 Å². The predicted molar refractivity (Wildman–Crippen MR) is 109 cm³/mol. The highest BCUT2D eigenvalue weighted by molar-refractivity contribution is 5.89. The van der Waals surface area contributed by atoms with Crippen molar-refractivity contribution in [3.63, 3.8) is 0 Å². The molecular weight excluding hydrogens is 384 g/mol. The average Bonchev–Trinajstić information content (AvgIpc) is 3.35. The van der Waals surface area contributed by atoms with Gasteiger partial charge in [-0.3, -0.25) is 4.57 Å². The molecule has 0 unspecified atom stereocenters. The summed E-state index contributed by atoms with van der Waals surface area (Å²) in [5.74, 6) is 0.510. The molecule has 4 aromatic rings. The van der Waals surface area contributed by atoms with Crippen molar-refractivity contribution >= 4 is 11.2 Å². The van der Waals surface area contributed by atoms with Gasteiger partial charge in [-0.25, -0.2) is 15.0 Å². The zero-order valence-corrected chi connectivity index (χ0v) is 15.9. The lowest BCUT2D eigenvalue weighted by Gasteiger charge is -2.17. The van der Waals surface area contributed by atoms with Crippen molar-refractivity contribution in [2.75, 3.05) is 6.61 Å². The highest BCUT2D eigenvalue weighted by Crippen LogP contribution is 2.34. The van der Waals surface area contributed by atoms with E-state index in [-0.39, 0.29) is 0 Å². The third-order valence-corrected chi connectivity index (χ3v) is 5.29. The second kappa shape index (κ2) is 7.58. The molecule has 1 saturated heterocycles. The van der Waals surface area contributed by atoms with Crippen LogP contribution in [-0.4, -0.2) is 59.8 Å². The molecule has 0 bridgehead atoms. The number of aliphatic hydroxyl groups excluding tert-OH is 3. The Morgan fingerprint density at radius 3 is 2.17 bits per heavy atom. The molecule has 8 heteroatoms. The molecule has 0 amide bonds. The molecule has 8 nitrogen and oxygen atoms in total. The van der Waals surface area contributed by atoms with Crippen LogP contribution in [0, 0.1) is 0 Å². The fourth-order valence-corrected chi connectivity index (χ4v) is 3.73. The number of imidazole rings is 1. The summed E-state index contributed by atoms with van der Waals surface area (Å²) >= 11 is 0. The van der Waals surface area contributed by atoms with Crippen molar-refractivity contribution in [2.45, 2.75) is 24.5 Å². The number of ether oxygens (including phenoxy) is 1. The fraction of sp³-hybridized carbons (Fsp3) is 0.227. The van der Waals surface area contributed by atoms with Gasteiger partial charge in [0.25, 0.3) is 0 Å². The molecule has 4 atom stereocenters. The van der Waals surface area contributed by atoms with Gasteiger partial charge in [-0.15, -0.1) is 0 Å². The molecule has 0 radical (unpaired) electrons. The van der Waals surface area contributed by atoms with Crippen LogP contribution in [0.2, 0.25) is 0 Å². The summed E-state index contributed by atoms with van der Waals surface area (Å²) in [7, 11) is 0. The number of hydrogen-bond acceptors (Lipinski definition) is 7. The SMILES string of the molecule is OC[C@H]1O[C@@H](n2cnc3c(-c4ccccc4)nc(-c4ccccc4)nc32)[C@H](O)[C@@H]1O. The number of aliphatic hydroxyl groups is 3. The Morgan fingerprint density at radius 2 is 1.53 bits per heavy atom. The zero-order valence-electron chi connectivity index (χ0n) is 15.9. The minimum atomic E-state index is -1.23. The Bertz CT molecular complexity index is 1170. The summed E-state index contributed by atoms with van der Waals surface area (Å²) in [6, 6.07) is 19.3. The molecular formula is C22H20N4O4. The number of fused-ring (bicyclic) bond motifs is 1. The molecule has 3 heterocycles. The summed E-state index contributed by atoms with van der Waals surface area (Å²) in [6.45, 7) is -0.402. The van der Waals surface area contributed by atoms with Crippen LogP contribution in [0.5, 0.6) is 0 Å². The lowest BCUT2D eigenvalue weighted by molar-refractivity contribution is -0.0511. The van der Waals surface area contributed by atoms with E-state index in [1.165, 1.54) is 6.33 Å². The summed E-state index contributed by atoms with van der Waals surface area (Å²) in [5.41, 5.74) is 3.40. The van der Waals surface area contributed by atoms with E-state index in [1.807, 2.05) is 60.7 Å². The Morgan fingerprint density at radius 1 is 0.867 bits per heavy atom. The number of aromatic nitrogens is 4. The van der Waals surface area contributed by atoms with E-state index >= 15 is 0 Å². The molecule has 0 spiro atoms. The van der Waals surface area contributed by atoms with E-state index in [2.05, 4.69) is 4.98 Å². The first kappa shape index (κ1) is 18.8. The second-order valence-corrected chi connectivity index (χ2v) is 7.18. The van der Waals surface area contributed by atoms with Crippen LogP contribution >= 0.6 is 0 Å². The first-order valence-corrected chi connectivity index (χ1v) is 9.65. The summed E-state index contributed by atoms with van der Waals surface area (Å²) in [5, 5.41) is 30.1. The summed E-state index contributed by atoms with van der Waals surface area (Å²) in [4.78, 5) is 14.0. The molecule has 5 rings (SSSR count). The third-order valence-electron chi connectivity index (χ3n) is 5.29. The summed E-state index contributed by atoms with van der Waals surface area (Å²) in [6.07, 6.45) is -2.73. The van der Waals surface area contributed by atoms with Gasteiger partial charge in [0.2, 0.25) is 0 Å². The highest BCUT2D eigenvalue weighted by atomic mass is 16.6. The Balaban J connectivity index is 1.71. The molecule has 1 aliphatic heterocycles. The molecule has 30 heavy (non-hydrogen) atoms. The summed E-state index contributed by atoms with van der Waals surface area (Å²) < 4.78 is 7.27. The van der Waals surface area contributed by atoms with Gasteiger partial charge in [-0.05, 0) is 0 Å². The Labute approximate surface area is 172 Å².